The Bertz CT molecular complexity index is 1210. The number of carbonyl (C=O) groups excluding carboxylic acids is 1. The molecule has 178 valence electrons. The molecular weight excluding hydrogens is 424 g/mol. The van der Waals surface area contributed by atoms with Crippen molar-refractivity contribution >= 4 is 17.1 Å². The molecule has 0 bridgehead atoms. The maximum absolute atomic E-state index is 12.9. The van der Waals surface area contributed by atoms with Crippen molar-refractivity contribution in [2.75, 3.05) is 13.2 Å². The molecule has 1 unspecified atom stereocenters. The molecule has 33 heavy (non-hydrogen) atoms. The highest BCUT2D eigenvalue weighted by molar-refractivity contribution is 5.71. The molecule has 0 saturated carbocycles. The summed E-state index contributed by atoms with van der Waals surface area (Å²) in [5.74, 6) is 0.846. The van der Waals surface area contributed by atoms with Crippen LogP contribution < -0.4 is 16.0 Å². The molecule has 1 aromatic carbocycles. The molecule has 3 rings (SSSR count). The molecule has 0 radical (unpaired) electrons. The van der Waals surface area contributed by atoms with Gasteiger partial charge in [-0.2, -0.15) is 0 Å². The summed E-state index contributed by atoms with van der Waals surface area (Å²) in [4.78, 5) is 45.0. The van der Waals surface area contributed by atoms with Crippen LogP contribution in [0.25, 0.3) is 11.2 Å². The molecule has 1 N–H and O–H groups in total. The van der Waals surface area contributed by atoms with E-state index in [-0.39, 0.29) is 23.8 Å². The van der Waals surface area contributed by atoms with Crippen molar-refractivity contribution in [2.24, 2.45) is 0 Å². The van der Waals surface area contributed by atoms with Crippen molar-refractivity contribution in [3.05, 3.63) is 56.5 Å². The number of fused-ring (bicyclic) bond motifs is 1. The molecule has 0 fully saturated rings. The summed E-state index contributed by atoms with van der Waals surface area (Å²) in [6, 6.07) is 7.48. The van der Waals surface area contributed by atoms with Crippen LogP contribution in [0, 0.1) is 0 Å². The van der Waals surface area contributed by atoms with Crippen LogP contribution in [0.5, 0.6) is 5.75 Å². The van der Waals surface area contributed by atoms with E-state index in [1.807, 2.05) is 45.0 Å². The summed E-state index contributed by atoms with van der Waals surface area (Å²) in [6.45, 7) is 8.78. The van der Waals surface area contributed by atoms with Gasteiger partial charge in [0.05, 0.1) is 6.61 Å². The fraction of sp³-hybridized carbons (Fsp3) is 0.500. The first-order valence-electron chi connectivity index (χ1n) is 11.5. The lowest BCUT2D eigenvalue weighted by atomic mass is 10.0. The number of hydrogen-bond acceptors (Lipinski definition) is 6. The van der Waals surface area contributed by atoms with Gasteiger partial charge < -0.3 is 14.5 Å². The number of carbonyl (C=O) groups is 1. The monoisotopic (exact) mass is 456 g/mol. The van der Waals surface area contributed by atoms with Gasteiger partial charge in [0.15, 0.2) is 12.3 Å². The van der Waals surface area contributed by atoms with Crippen LogP contribution in [0.4, 0.5) is 0 Å². The Kier molecular flexibility index (Phi) is 8.08. The van der Waals surface area contributed by atoms with E-state index in [1.54, 1.807) is 11.5 Å². The van der Waals surface area contributed by atoms with E-state index in [1.165, 1.54) is 4.57 Å². The fourth-order valence-electron chi connectivity index (χ4n) is 3.78. The average molecular weight is 457 g/mol. The molecule has 0 aliphatic rings. The van der Waals surface area contributed by atoms with Gasteiger partial charge in [-0.15, -0.1) is 0 Å². The van der Waals surface area contributed by atoms with Crippen molar-refractivity contribution in [2.45, 2.75) is 66.0 Å². The number of rotatable bonds is 11. The van der Waals surface area contributed by atoms with E-state index >= 15 is 0 Å². The first-order chi connectivity index (χ1) is 15.9. The minimum atomic E-state index is -0.403. The number of aryl methyl sites for hydroxylation is 1. The molecule has 0 spiro atoms. The highest BCUT2D eigenvalue weighted by Crippen LogP contribution is 2.21. The van der Waals surface area contributed by atoms with Crippen molar-refractivity contribution in [3.8, 4) is 5.75 Å². The molecule has 2 aromatic heterocycles. The van der Waals surface area contributed by atoms with E-state index in [0.29, 0.717) is 55.3 Å². The van der Waals surface area contributed by atoms with E-state index in [2.05, 4.69) is 9.97 Å². The summed E-state index contributed by atoms with van der Waals surface area (Å²) in [6.07, 6.45) is 2.14. The van der Waals surface area contributed by atoms with Crippen LogP contribution in [0.2, 0.25) is 0 Å². The third-order valence-electron chi connectivity index (χ3n) is 5.37. The third-order valence-corrected chi connectivity index (χ3v) is 5.37. The Hall–Kier alpha value is -3.36. The van der Waals surface area contributed by atoms with Crippen LogP contribution in [0.1, 0.15) is 57.8 Å². The summed E-state index contributed by atoms with van der Waals surface area (Å²) in [5, 5.41) is 0. The lowest BCUT2D eigenvalue weighted by Gasteiger charge is -2.10. The van der Waals surface area contributed by atoms with Gasteiger partial charge in [0.25, 0.3) is 5.56 Å². The Morgan fingerprint density at radius 1 is 1.06 bits per heavy atom. The second kappa shape index (κ2) is 11.0. The number of aromatic amines is 1. The zero-order valence-corrected chi connectivity index (χ0v) is 19.7. The number of nitrogens with zero attached hydrogens (tertiary/aromatic N) is 3. The number of nitrogens with one attached hydrogen (secondary N) is 1. The highest BCUT2D eigenvalue weighted by atomic mass is 16.6. The summed E-state index contributed by atoms with van der Waals surface area (Å²) >= 11 is 0. The van der Waals surface area contributed by atoms with Crippen LogP contribution in [-0.2, 0) is 29.0 Å². The van der Waals surface area contributed by atoms with Crippen molar-refractivity contribution < 1.29 is 14.3 Å². The van der Waals surface area contributed by atoms with E-state index in [0.717, 1.165) is 12.0 Å². The van der Waals surface area contributed by atoms with Gasteiger partial charge in [0, 0.05) is 19.0 Å². The van der Waals surface area contributed by atoms with Crippen molar-refractivity contribution in [1.29, 1.82) is 0 Å². The van der Waals surface area contributed by atoms with E-state index in [4.69, 9.17) is 9.47 Å². The molecule has 3 aromatic rings. The SMILES string of the molecule is CCCn1c(=O)c2[nH]c(C(C)Cc3ccc(OCC(=O)OCC)cc3)nc2n(CCC)c1=O. The van der Waals surface area contributed by atoms with Crippen LogP contribution in [-0.4, -0.2) is 38.3 Å². The third kappa shape index (κ3) is 5.53. The minimum absolute atomic E-state index is 0.00657. The number of imidazole rings is 1. The molecular formula is C24H32N4O5. The number of benzene rings is 1. The van der Waals surface area contributed by atoms with Crippen LogP contribution in [0.15, 0.2) is 33.9 Å². The average Bonchev–Trinajstić information content (AvgIpc) is 3.25. The zero-order chi connectivity index (χ0) is 24.0. The second-order valence-electron chi connectivity index (χ2n) is 8.05. The van der Waals surface area contributed by atoms with E-state index < -0.39 is 5.97 Å². The lowest BCUT2D eigenvalue weighted by Crippen LogP contribution is -2.40. The second-order valence-corrected chi connectivity index (χ2v) is 8.05. The maximum atomic E-state index is 12.9. The molecule has 1 atom stereocenters. The van der Waals surface area contributed by atoms with Crippen molar-refractivity contribution in [3.63, 3.8) is 0 Å². The standard InChI is InChI=1S/C24H32N4O5/c1-5-12-27-22-20(23(30)28(13-6-2)24(27)31)25-21(26-22)16(4)14-17-8-10-18(11-9-17)33-15-19(29)32-7-3/h8-11,16H,5-7,12-15H2,1-4H3,(H,25,26). The van der Waals surface area contributed by atoms with Crippen LogP contribution in [0.3, 0.4) is 0 Å². The predicted octanol–water partition coefficient (Wildman–Crippen LogP) is 2.99. The van der Waals surface area contributed by atoms with Gasteiger partial charge in [-0.25, -0.2) is 14.6 Å². The van der Waals surface area contributed by atoms with Crippen molar-refractivity contribution in [1.82, 2.24) is 19.1 Å². The number of aromatic nitrogens is 4. The van der Waals surface area contributed by atoms with Gasteiger partial charge in [-0.3, -0.25) is 13.9 Å². The molecule has 2 heterocycles. The zero-order valence-electron chi connectivity index (χ0n) is 19.7. The molecule has 0 aliphatic heterocycles. The van der Waals surface area contributed by atoms with E-state index in [9.17, 15) is 14.4 Å². The largest absolute Gasteiger partial charge is 0.482 e. The van der Waals surface area contributed by atoms with Gasteiger partial charge >= 0.3 is 11.7 Å². The number of ether oxygens (including phenoxy) is 2. The highest BCUT2D eigenvalue weighted by Gasteiger charge is 2.19. The van der Waals surface area contributed by atoms with Gasteiger partial charge in [0.2, 0.25) is 0 Å². The number of esters is 1. The smallest absolute Gasteiger partial charge is 0.344 e. The Balaban J connectivity index is 1.81. The molecule has 0 amide bonds. The minimum Gasteiger partial charge on any atom is -0.482 e. The first-order valence-corrected chi connectivity index (χ1v) is 11.5. The predicted molar refractivity (Wildman–Crippen MR) is 126 cm³/mol. The van der Waals surface area contributed by atoms with Gasteiger partial charge in [0.1, 0.15) is 17.1 Å². The summed E-state index contributed by atoms with van der Waals surface area (Å²) in [7, 11) is 0. The lowest BCUT2D eigenvalue weighted by molar-refractivity contribution is -0.145. The van der Waals surface area contributed by atoms with Gasteiger partial charge in [-0.1, -0.05) is 32.9 Å². The first kappa shape index (κ1) is 24.3. The fourth-order valence-corrected chi connectivity index (χ4v) is 3.78. The molecule has 9 heteroatoms. The summed E-state index contributed by atoms with van der Waals surface area (Å²) in [5.41, 5.74) is 1.23. The normalized spacial score (nSPS) is 12.1. The quantitative estimate of drug-likeness (QED) is 0.445. The number of hydrogen-bond donors (Lipinski definition) is 1. The Morgan fingerprint density at radius 2 is 1.73 bits per heavy atom. The number of H-pyrrole nitrogens is 1. The topological polar surface area (TPSA) is 108 Å². The summed E-state index contributed by atoms with van der Waals surface area (Å²) < 4.78 is 13.2. The van der Waals surface area contributed by atoms with Gasteiger partial charge in [-0.05, 0) is 43.9 Å². The molecule has 0 aliphatic carbocycles. The Labute approximate surface area is 192 Å². The Morgan fingerprint density at radius 3 is 2.36 bits per heavy atom. The molecule has 0 saturated heterocycles. The van der Waals surface area contributed by atoms with Crippen LogP contribution >= 0.6 is 0 Å². The molecule has 9 nitrogen and oxygen atoms in total. The maximum Gasteiger partial charge on any atom is 0.344 e.